The van der Waals surface area contributed by atoms with Crippen molar-refractivity contribution in [3.63, 3.8) is 0 Å². The monoisotopic (exact) mass is 220 g/mol. The number of nitrogens with zero attached hydrogens (tertiary/aromatic N) is 1. The van der Waals surface area contributed by atoms with Gasteiger partial charge in [0.05, 0.1) is 5.56 Å². The molecule has 2 rings (SSSR count). The van der Waals surface area contributed by atoms with Crippen molar-refractivity contribution in [1.29, 1.82) is 0 Å². The molecule has 2 amide bonds. The fourth-order valence-electron chi connectivity index (χ4n) is 1.96. The van der Waals surface area contributed by atoms with Crippen LogP contribution in [0.3, 0.4) is 0 Å². The van der Waals surface area contributed by atoms with Gasteiger partial charge in [-0.3, -0.25) is 4.90 Å². The van der Waals surface area contributed by atoms with Crippen LogP contribution in [0.15, 0.2) is 18.2 Å². The number of aryl methyl sites for hydroxylation is 1. The van der Waals surface area contributed by atoms with Crippen LogP contribution in [0.1, 0.15) is 22.3 Å². The van der Waals surface area contributed by atoms with E-state index >= 15 is 0 Å². The van der Waals surface area contributed by atoms with Gasteiger partial charge in [0.1, 0.15) is 0 Å². The number of carbonyl (C=O) groups excluding carboxylic acids is 1. The number of anilines is 1. The molecule has 0 aliphatic carbocycles. The molecule has 1 aliphatic heterocycles. The predicted octanol–water partition coefficient (Wildman–Crippen LogP) is 1.22. The van der Waals surface area contributed by atoms with Gasteiger partial charge in [-0.2, -0.15) is 0 Å². The lowest BCUT2D eigenvalue weighted by Crippen LogP contribution is -2.39. The van der Waals surface area contributed by atoms with Gasteiger partial charge in [0.25, 0.3) is 0 Å². The molecule has 1 heterocycles. The summed E-state index contributed by atoms with van der Waals surface area (Å²) in [6.45, 7) is 0.592. The quantitative estimate of drug-likeness (QED) is 0.746. The van der Waals surface area contributed by atoms with Crippen molar-refractivity contribution >= 4 is 17.7 Å². The molecule has 84 valence electrons. The number of primary amides is 1. The molecule has 0 atom stereocenters. The van der Waals surface area contributed by atoms with E-state index in [0.717, 1.165) is 24.1 Å². The van der Waals surface area contributed by atoms with Crippen LogP contribution in [0, 0.1) is 0 Å². The van der Waals surface area contributed by atoms with Crippen molar-refractivity contribution in [2.24, 2.45) is 5.73 Å². The van der Waals surface area contributed by atoms with Crippen LogP contribution < -0.4 is 10.6 Å². The zero-order valence-electron chi connectivity index (χ0n) is 8.64. The third-order valence-corrected chi connectivity index (χ3v) is 2.71. The molecule has 1 aliphatic rings. The fraction of sp³-hybridized carbons (Fsp3) is 0.273. The second-order valence-corrected chi connectivity index (χ2v) is 3.74. The van der Waals surface area contributed by atoms with Gasteiger partial charge in [-0.1, -0.05) is 0 Å². The molecule has 16 heavy (non-hydrogen) atoms. The van der Waals surface area contributed by atoms with E-state index in [9.17, 15) is 9.59 Å². The van der Waals surface area contributed by atoms with Gasteiger partial charge >= 0.3 is 12.0 Å². The first-order valence-electron chi connectivity index (χ1n) is 5.03. The average Bonchev–Trinajstić information content (AvgIpc) is 2.27. The smallest absolute Gasteiger partial charge is 0.335 e. The number of nitrogens with two attached hydrogens (primary N) is 1. The van der Waals surface area contributed by atoms with Gasteiger partial charge in [-0.25, -0.2) is 9.59 Å². The van der Waals surface area contributed by atoms with E-state index in [0.29, 0.717) is 6.54 Å². The lowest BCUT2D eigenvalue weighted by atomic mass is 9.99. The minimum Gasteiger partial charge on any atom is -0.478 e. The molecule has 0 fully saturated rings. The highest BCUT2D eigenvalue weighted by Gasteiger charge is 2.21. The van der Waals surface area contributed by atoms with Crippen molar-refractivity contribution in [2.45, 2.75) is 12.8 Å². The summed E-state index contributed by atoms with van der Waals surface area (Å²) in [7, 11) is 0. The Balaban J connectivity index is 2.44. The van der Waals surface area contributed by atoms with Crippen LogP contribution in [0.5, 0.6) is 0 Å². The van der Waals surface area contributed by atoms with Gasteiger partial charge in [-0.05, 0) is 36.6 Å². The average molecular weight is 220 g/mol. The summed E-state index contributed by atoms with van der Waals surface area (Å²) in [5.41, 5.74) is 7.08. The van der Waals surface area contributed by atoms with Crippen LogP contribution >= 0.6 is 0 Å². The highest BCUT2D eigenvalue weighted by molar-refractivity contribution is 5.94. The zero-order valence-corrected chi connectivity index (χ0v) is 8.64. The highest BCUT2D eigenvalue weighted by Crippen LogP contribution is 2.27. The van der Waals surface area contributed by atoms with E-state index < -0.39 is 12.0 Å². The SMILES string of the molecule is NC(=O)N1CCCc2cc(C(=O)O)ccc21. The predicted molar refractivity (Wildman–Crippen MR) is 58.7 cm³/mol. The Labute approximate surface area is 92.5 Å². The summed E-state index contributed by atoms with van der Waals surface area (Å²) >= 11 is 0. The lowest BCUT2D eigenvalue weighted by molar-refractivity contribution is 0.0697. The molecule has 0 saturated carbocycles. The maximum Gasteiger partial charge on any atom is 0.335 e. The molecule has 0 unspecified atom stereocenters. The number of urea groups is 1. The largest absolute Gasteiger partial charge is 0.478 e. The number of aromatic carboxylic acids is 1. The minimum atomic E-state index is -0.959. The molecule has 1 aromatic carbocycles. The highest BCUT2D eigenvalue weighted by atomic mass is 16.4. The third-order valence-electron chi connectivity index (χ3n) is 2.71. The molecule has 0 saturated heterocycles. The molecule has 5 heteroatoms. The van der Waals surface area contributed by atoms with Crippen molar-refractivity contribution in [1.82, 2.24) is 0 Å². The van der Waals surface area contributed by atoms with Gasteiger partial charge in [0.15, 0.2) is 0 Å². The molecular formula is C11H12N2O3. The number of hydrogen-bond donors (Lipinski definition) is 2. The van der Waals surface area contributed by atoms with Gasteiger partial charge in [0.2, 0.25) is 0 Å². The molecule has 5 nitrogen and oxygen atoms in total. The second kappa shape index (κ2) is 3.84. The summed E-state index contributed by atoms with van der Waals surface area (Å²) in [5, 5.41) is 8.86. The molecule has 3 N–H and O–H groups in total. The maximum absolute atomic E-state index is 11.2. The van der Waals surface area contributed by atoms with Crippen LogP contribution in [0.4, 0.5) is 10.5 Å². The van der Waals surface area contributed by atoms with E-state index in [4.69, 9.17) is 10.8 Å². The zero-order chi connectivity index (χ0) is 11.7. The summed E-state index contributed by atoms with van der Waals surface area (Å²) in [6, 6.07) is 4.24. The Morgan fingerprint density at radius 1 is 1.38 bits per heavy atom. The summed E-state index contributed by atoms with van der Waals surface area (Å²) in [6.07, 6.45) is 1.58. The van der Waals surface area contributed by atoms with E-state index in [1.165, 1.54) is 11.0 Å². The van der Waals surface area contributed by atoms with Gasteiger partial charge in [-0.15, -0.1) is 0 Å². The van der Waals surface area contributed by atoms with Crippen LogP contribution in [0.25, 0.3) is 0 Å². The Morgan fingerprint density at radius 3 is 2.75 bits per heavy atom. The van der Waals surface area contributed by atoms with E-state index in [-0.39, 0.29) is 5.56 Å². The number of benzene rings is 1. The van der Waals surface area contributed by atoms with Crippen molar-refractivity contribution in [3.05, 3.63) is 29.3 Å². The topological polar surface area (TPSA) is 83.6 Å². The van der Waals surface area contributed by atoms with Crippen LogP contribution in [0.2, 0.25) is 0 Å². The Kier molecular flexibility index (Phi) is 2.52. The molecule has 0 aromatic heterocycles. The Morgan fingerprint density at radius 2 is 2.12 bits per heavy atom. The number of hydrogen-bond acceptors (Lipinski definition) is 2. The summed E-state index contributed by atoms with van der Waals surface area (Å²) in [4.78, 5) is 23.4. The summed E-state index contributed by atoms with van der Waals surface area (Å²) < 4.78 is 0. The first-order valence-corrected chi connectivity index (χ1v) is 5.03. The molecule has 0 spiro atoms. The van der Waals surface area contributed by atoms with Crippen molar-refractivity contribution < 1.29 is 14.7 Å². The molecule has 0 radical (unpaired) electrons. The number of fused-ring (bicyclic) bond motifs is 1. The summed E-state index contributed by atoms with van der Waals surface area (Å²) in [5.74, 6) is -0.959. The Hall–Kier alpha value is -2.04. The normalized spacial score (nSPS) is 14.4. The number of amides is 2. The number of carbonyl (C=O) groups is 2. The van der Waals surface area contributed by atoms with Crippen molar-refractivity contribution in [3.8, 4) is 0 Å². The number of rotatable bonds is 1. The van der Waals surface area contributed by atoms with Gasteiger partial charge < -0.3 is 10.8 Å². The standard InChI is InChI=1S/C11H12N2O3/c12-11(16)13-5-1-2-7-6-8(10(14)15)3-4-9(7)13/h3-4,6H,1-2,5H2,(H2,12,16)(H,14,15). The number of carboxylic acids is 1. The first-order chi connectivity index (χ1) is 7.59. The van der Waals surface area contributed by atoms with Gasteiger partial charge in [0, 0.05) is 12.2 Å². The molecule has 1 aromatic rings. The first kappa shape index (κ1) is 10.5. The van der Waals surface area contributed by atoms with Crippen LogP contribution in [-0.2, 0) is 6.42 Å². The maximum atomic E-state index is 11.2. The van der Waals surface area contributed by atoms with Crippen molar-refractivity contribution in [2.75, 3.05) is 11.4 Å². The van der Waals surface area contributed by atoms with Crippen LogP contribution in [-0.4, -0.2) is 23.7 Å². The third kappa shape index (κ3) is 1.71. The van der Waals surface area contributed by atoms with E-state index in [1.54, 1.807) is 12.1 Å². The fourth-order valence-corrected chi connectivity index (χ4v) is 1.96. The number of carboxylic acid groups (broad SMARTS) is 1. The van der Waals surface area contributed by atoms with E-state index in [2.05, 4.69) is 0 Å². The minimum absolute atomic E-state index is 0.241. The Bertz CT molecular complexity index is 457. The van der Waals surface area contributed by atoms with E-state index in [1.807, 2.05) is 0 Å². The second-order valence-electron chi connectivity index (χ2n) is 3.74. The molecule has 0 bridgehead atoms. The lowest BCUT2D eigenvalue weighted by Gasteiger charge is -2.28. The molecular weight excluding hydrogens is 208 g/mol.